The Morgan fingerprint density at radius 3 is 2.71 bits per heavy atom. The molecule has 2 aromatic heterocycles. The fourth-order valence-electron chi connectivity index (χ4n) is 1.27. The highest BCUT2D eigenvalue weighted by molar-refractivity contribution is 8.01. The molecule has 1 N–H and O–H groups in total. The van der Waals surface area contributed by atoms with E-state index in [4.69, 9.17) is 5.11 Å². The van der Waals surface area contributed by atoms with Gasteiger partial charge >= 0.3 is 11.7 Å². The molecule has 0 radical (unpaired) electrons. The summed E-state index contributed by atoms with van der Waals surface area (Å²) in [4.78, 5) is 26.8. The van der Waals surface area contributed by atoms with E-state index in [0.29, 0.717) is 9.47 Å². The lowest BCUT2D eigenvalue weighted by atomic mass is 10.3. The van der Waals surface area contributed by atoms with E-state index in [9.17, 15) is 14.9 Å². The van der Waals surface area contributed by atoms with Crippen molar-refractivity contribution in [2.24, 2.45) is 0 Å². The van der Waals surface area contributed by atoms with Gasteiger partial charge < -0.3 is 10.0 Å². The van der Waals surface area contributed by atoms with Crippen LogP contribution in [-0.2, 0) is 0 Å². The highest BCUT2D eigenvalue weighted by atomic mass is 32.2. The first-order valence-corrected chi connectivity index (χ1v) is 7.08. The average molecular weight is 327 g/mol. The van der Waals surface area contributed by atoms with Crippen molar-refractivity contribution in [2.45, 2.75) is 9.37 Å². The van der Waals surface area contributed by atoms with Gasteiger partial charge in [0, 0.05) is 26.4 Å². The second-order valence-corrected chi connectivity index (χ2v) is 6.15. The zero-order valence-electron chi connectivity index (χ0n) is 10.9. The number of carboxylic acid groups (broad SMARTS) is 1. The van der Waals surface area contributed by atoms with Crippen LogP contribution in [0.5, 0.6) is 0 Å². The summed E-state index contributed by atoms with van der Waals surface area (Å²) in [6.45, 7) is 0. The lowest BCUT2D eigenvalue weighted by Gasteiger charge is -2.03. The van der Waals surface area contributed by atoms with Gasteiger partial charge in [-0.25, -0.2) is 9.78 Å². The van der Waals surface area contributed by atoms with E-state index in [0.717, 1.165) is 24.0 Å². The number of hydrogen-bond acceptors (Lipinski definition) is 9. The van der Waals surface area contributed by atoms with Crippen LogP contribution in [0.3, 0.4) is 0 Å². The normalized spacial score (nSPS) is 10.4. The number of pyridine rings is 1. The first kappa shape index (κ1) is 15.1. The molecular weight excluding hydrogens is 318 g/mol. The fraction of sp³-hybridized carbons (Fsp3) is 0.200. The third-order valence-electron chi connectivity index (χ3n) is 2.24. The second-order valence-electron chi connectivity index (χ2n) is 3.96. The van der Waals surface area contributed by atoms with Gasteiger partial charge in [-0.3, -0.25) is 10.1 Å². The maximum Gasteiger partial charge on any atom is 0.337 e. The van der Waals surface area contributed by atoms with E-state index < -0.39 is 10.9 Å². The molecule has 0 amide bonds. The predicted octanol–water partition coefficient (Wildman–Crippen LogP) is 1.76. The first-order valence-electron chi connectivity index (χ1n) is 5.45. The van der Waals surface area contributed by atoms with Crippen molar-refractivity contribution in [3.05, 3.63) is 27.9 Å². The Kier molecular flexibility index (Phi) is 4.33. The number of hydrogen-bond donors (Lipinski definition) is 1. The minimum Gasteiger partial charge on any atom is -0.478 e. The van der Waals surface area contributed by atoms with Crippen molar-refractivity contribution in [3.63, 3.8) is 0 Å². The van der Waals surface area contributed by atoms with Crippen LogP contribution in [-0.4, -0.2) is 45.3 Å². The molecule has 0 aromatic carbocycles. The van der Waals surface area contributed by atoms with Crippen molar-refractivity contribution in [2.75, 3.05) is 19.0 Å². The quantitative estimate of drug-likeness (QED) is 0.646. The summed E-state index contributed by atoms with van der Waals surface area (Å²) < 4.78 is 0.484. The van der Waals surface area contributed by atoms with E-state index in [1.54, 1.807) is 19.0 Å². The Bertz CT molecular complexity index is 703. The van der Waals surface area contributed by atoms with E-state index in [2.05, 4.69) is 15.2 Å². The van der Waals surface area contributed by atoms with Crippen molar-refractivity contribution in [3.8, 4) is 0 Å². The predicted molar refractivity (Wildman–Crippen MR) is 76.2 cm³/mol. The number of anilines is 1. The van der Waals surface area contributed by atoms with Crippen LogP contribution >= 0.6 is 23.1 Å². The zero-order chi connectivity index (χ0) is 15.6. The number of rotatable bonds is 5. The van der Waals surface area contributed by atoms with Gasteiger partial charge in [0.2, 0.25) is 5.13 Å². The molecule has 2 heterocycles. The topological polar surface area (TPSA) is 122 Å². The molecule has 0 spiro atoms. The van der Waals surface area contributed by atoms with Crippen LogP contribution < -0.4 is 4.90 Å². The van der Waals surface area contributed by atoms with Crippen molar-refractivity contribution in [1.29, 1.82) is 0 Å². The largest absolute Gasteiger partial charge is 0.478 e. The van der Waals surface area contributed by atoms with Crippen LogP contribution in [0.4, 0.5) is 10.8 Å². The molecule has 11 heteroatoms. The smallest absolute Gasteiger partial charge is 0.337 e. The third-order valence-corrected chi connectivity index (χ3v) is 4.39. The zero-order valence-corrected chi connectivity index (χ0v) is 12.5. The van der Waals surface area contributed by atoms with E-state index in [1.807, 2.05) is 0 Å². The molecule has 2 aromatic rings. The monoisotopic (exact) mass is 327 g/mol. The highest BCUT2D eigenvalue weighted by Gasteiger charge is 2.21. The van der Waals surface area contributed by atoms with Crippen molar-refractivity contribution in [1.82, 2.24) is 15.2 Å². The van der Waals surface area contributed by atoms with Gasteiger partial charge in [-0.15, -0.1) is 10.2 Å². The van der Waals surface area contributed by atoms with Crippen LogP contribution in [0.25, 0.3) is 0 Å². The molecule has 0 unspecified atom stereocenters. The lowest BCUT2D eigenvalue weighted by molar-refractivity contribution is -0.388. The molecule has 0 fully saturated rings. The van der Waals surface area contributed by atoms with Gasteiger partial charge in [0.25, 0.3) is 0 Å². The van der Waals surface area contributed by atoms with Gasteiger partial charge in [-0.1, -0.05) is 11.3 Å². The molecule has 0 saturated carbocycles. The minimum absolute atomic E-state index is 0.0754. The Morgan fingerprint density at radius 1 is 1.48 bits per heavy atom. The van der Waals surface area contributed by atoms with E-state index in [1.165, 1.54) is 11.3 Å². The average Bonchev–Trinajstić information content (AvgIpc) is 2.87. The molecule has 0 saturated heterocycles. The molecular formula is C10H9N5O4S2. The Morgan fingerprint density at radius 2 is 2.19 bits per heavy atom. The van der Waals surface area contributed by atoms with Gasteiger partial charge in [-0.05, 0) is 11.8 Å². The summed E-state index contributed by atoms with van der Waals surface area (Å²) >= 11 is 2.23. The maximum absolute atomic E-state index is 11.0. The summed E-state index contributed by atoms with van der Waals surface area (Å²) in [5.41, 5.74) is -0.612. The third kappa shape index (κ3) is 3.44. The molecule has 0 aliphatic heterocycles. The van der Waals surface area contributed by atoms with Crippen LogP contribution in [0.2, 0.25) is 0 Å². The fourth-order valence-corrected chi connectivity index (χ4v) is 2.99. The molecule has 9 nitrogen and oxygen atoms in total. The molecule has 0 atom stereocenters. The molecule has 110 valence electrons. The molecule has 0 bridgehead atoms. The number of nitro groups is 1. The Hall–Kier alpha value is -2.27. The van der Waals surface area contributed by atoms with Crippen molar-refractivity contribution < 1.29 is 14.8 Å². The van der Waals surface area contributed by atoms with Gasteiger partial charge in [0.1, 0.15) is 0 Å². The number of carboxylic acids is 1. The molecule has 2 rings (SSSR count). The van der Waals surface area contributed by atoms with Crippen LogP contribution in [0, 0.1) is 10.1 Å². The summed E-state index contributed by atoms with van der Waals surface area (Å²) in [7, 11) is 3.61. The summed E-state index contributed by atoms with van der Waals surface area (Å²) in [6, 6.07) is 0.978. The van der Waals surface area contributed by atoms with Crippen LogP contribution in [0.15, 0.2) is 21.6 Å². The highest BCUT2D eigenvalue weighted by Crippen LogP contribution is 2.36. The number of nitrogens with zero attached hydrogens (tertiary/aromatic N) is 5. The maximum atomic E-state index is 11.0. The van der Waals surface area contributed by atoms with Crippen LogP contribution in [0.1, 0.15) is 10.4 Å². The van der Waals surface area contributed by atoms with Gasteiger partial charge in [0.15, 0.2) is 9.37 Å². The number of aromatic carboxylic acids is 1. The van der Waals surface area contributed by atoms with E-state index >= 15 is 0 Å². The van der Waals surface area contributed by atoms with Gasteiger partial charge in [-0.2, -0.15) is 0 Å². The van der Waals surface area contributed by atoms with Crippen molar-refractivity contribution >= 4 is 39.9 Å². The SMILES string of the molecule is CN(C)c1nnc(Sc2ncc(C(=O)O)cc2[N+](=O)[O-])s1. The first-order chi connectivity index (χ1) is 9.88. The standard InChI is InChI=1S/C10H9N5O4S2/c1-14(2)9-12-13-10(21-9)20-7-6(15(18)19)3-5(4-11-7)8(16)17/h3-4H,1-2H3,(H,16,17). The number of carbonyl (C=O) groups is 1. The molecule has 0 aliphatic rings. The summed E-state index contributed by atoms with van der Waals surface area (Å²) in [5.74, 6) is -1.27. The Labute approximate surface area is 126 Å². The molecule has 21 heavy (non-hydrogen) atoms. The number of aromatic nitrogens is 3. The lowest BCUT2D eigenvalue weighted by Crippen LogP contribution is -2.07. The minimum atomic E-state index is -1.27. The Balaban J connectivity index is 2.34. The van der Waals surface area contributed by atoms with Gasteiger partial charge in [0.05, 0.1) is 10.5 Å². The van der Waals surface area contributed by atoms with E-state index in [-0.39, 0.29) is 16.3 Å². The summed E-state index contributed by atoms with van der Waals surface area (Å²) in [6.07, 6.45) is 1.07. The molecule has 0 aliphatic carbocycles. The second kappa shape index (κ2) is 6.01. The summed E-state index contributed by atoms with van der Waals surface area (Å²) in [5, 5.41) is 28.4.